The van der Waals surface area contributed by atoms with Crippen molar-refractivity contribution < 1.29 is 22.7 Å². The largest absolute Gasteiger partial charge is 0.468 e. The number of alkyl halides is 3. The Morgan fingerprint density at radius 3 is 2.68 bits per heavy atom. The Morgan fingerprint density at radius 1 is 1.36 bits per heavy atom. The van der Waals surface area contributed by atoms with Gasteiger partial charge in [0, 0.05) is 12.1 Å². The number of rotatable bonds is 5. The van der Waals surface area contributed by atoms with Crippen LogP contribution in [0.4, 0.5) is 18.0 Å². The third kappa shape index (κ3) is 4.73. The van der Waals surface area contributed by atoms with Crippen molar-refractivity contribution in [2.75, 3.05) is 6.61 Å². The van der Waals surface area contributed by atoms with Crippen molar-refractivity contribution in [2.45, 2.75) is 57.8 Å². The van der Waals surface area contributed by atoms with Crippen LogP contribution in [0.25, 0.3) is 0 Å². The fourth-order valence-corrected chi connectivity index (χ4v) is 3.50. The van der Waals surface area contributed by atoms with Crippen molar-refractivity contribution in [3.05, 3.63) is 17.6 Å². The monoisotopic (exact) mass is 358 g/mol. The zero-order valence-electron chi connectivity index (χ0n) is 13.9. The topological polar surface area (TPSA) is 76.1 Å². The van der Waals surface area contributed by atoms with Gasteiger partial charge >= 0.3 is 12.2 Å². The molecule has 25 heavy (non-hydrogen) atoms. The first-order chi connectivity index (χ1) is 11.7. The van der Waals surface area contributed by atoms with E-state index in [4.69, 9.17) is 0 Å². The van der Waals surface area contributed by atoms with Gasteiger partial charge in [-0.25, -0.2) is 9.78 Å². The standard InChI is InChI=1S/C16H21F3N4O2/c1-10-21-11(5-13(22-10)25-9-16(17,18)19)8-20-14(24)23-12-6-15(7-12)3-2-4-15/h5,12H,2-4,6-9H2,1H3,(H2,20,23,24). The van der Waals surface area contributed by atoms with Crippen molar-refractivity contribution in [3.63, 3.8) is 0 Å². The van der Waals surface area contributed by atoms with E-state index in [0.29, 0.717) is 11.1 Å². The Hall–Kier alpha value is -2.06. The van der Waals surface area contributed by atoms with Gasteiger partial charge in [0.05, 0.1) is 12.2 Å². The molecule has 0 aromatic carbocycles. The number of halogens is 3. The van der Waals surface area contributed by atoms with Gasteiger partial charge in [0.15, 0.2) is 6.61 Å². The molecule has 1 heterocycles. The molecule has 2 amide bonds. The predicted molar refractivity (Wildman–Crippen MR) is 83.0 cm³/mol. The molecule has 2 N–H and O–H groups in total. The number of aryl methyl sites for hydroxylation is 1. The van der Waals surface area contributed by atoms with Crippen LogP contribution in [0.5, 0.6) is 5.88 Å². The number of carbonyl (C=O) groups excluding carboxylic acids is 1. The van der Waals surface area contributed by atoms with Gasteiger partial charge in [0.1, 0.15) is 5.82 Å². The number of aromatic nitrogens is 2. The number of carbonyl (C=O) groups is 1. The molecule has 1 spiro atoms. The van der Waals surface area contributed by atoms with Gasteiger partial charge in [0.2, 0.25) is 5.88 Å². The Morgan fingerprint density at radius 2 is 2.08 bits per heavy atom. The molecule has 1 aromatic heterocycles. The van der Waals surface area contributed by atoms with Crippen LogP contribution in [0.1, 0.15) is 43.6 Å². The molecule has 0 aliphatic heterocycles. The molecule has 2 aliphatic carbocycles. The number of amides is 2. The third-order valence-corrected chi connectivity index (χ3v) is 4.79. The molecule has 0 bridgehead atoms. The maximum absolute atomic E-state index is 12.2. The smallest absolute Gasteiger partial charge is 0.422 e. The molecule has 2 saturated carbocycles. The fourth-order valence-electron chi connectivity index (χ4n) is 3.50. The van der Waals surface area contributed by atoms with E-state index < -0.39 is 12.8 Å². The Kier molecular flexibility index (Phi) is 4.75. The summed E-state index contributed by atoms with van der Waals surface area (Å²) in [7, 11) is 0. The number of hydrogen-bond donors (Lipinski definition) is 2. The van der Waals surface area contributed by atoms with Gasteiger partial charge < -0.3 is 15.4 Å². The van der Waals surface area contributed by atoms with Crippen LogP contribution >= 0.6 is 0 Å². The summed E-state index contributed by atoms with van der Waals surface area (Å²) in [5, 5.41) is 5.58. The number of nitrogens with one attached hydrogen (secondary N) is 2. The third-order valence-electron chi connectivity index (χ3n) is 4.79. The highest BCUT2D eigenvalue weighted by Gasteiger charge is 2.48. The average molecular weight is 358 g/mol. The van der Waals surface area contributed by atoms with Gasteiger partial charge in [-0.2, -0.15) is 18.2 Å². The van der Waals surface area contributed by atoms with Crippen LogP contribution in [0, 0.1) is 12.3 Å². The molecule has 0 atom stereocenters. The lowest BCUT2D eigenvalue weighted by Gasteiger charge is -2.54. The Labute approximate surface area is 143 Å². The molecular formula is C16H21F3N4O2. The first kappa shape index (κ1) is 17.8. The number of ether oxygens (including phenoxy) is 1. The summed E-state index contributed by atoms with van der Waals surface area (Å²) < 4.78 is 41.2. The van der Waals surface area contributed by atoms with Gasteiger partial charge in [-0.1, -0.05) is 6.42 Å². The van der Waals surface area contributed by atoms with E-state index in [9.17, 15) is 18.0 Å². The summed E-state index contributed by atoms with van der Waals surface area (Å²) in [6.07, 6.45) is 1.43. The van der Waals surface area contributed by atoms with Crippen LogP contribution in [0.2, 0.25) is 0 Å². The highest BCUT2D eigenvalue weighted by atomic mass is 19.4. The van der Waals surface area contributed by atoms with Gasteiger partial charge in [-0.05, 0) is 38.0 Å². The lowest BCUT2D eigenvalue weighted by molar-refractivity contribution is -0.154. The van der Waals surface area contributed by atoms with Crippen LogP contribution in [0.15, 0.2) is 6.07 Å². The lowest BCUT2D eigenvalue weighted by Crippen LogP contribution is -2.55. The SMILES string of the molecule is Cc1nc(CNC(=O)NC2CC3(CCC3)C2)cc(OCC(F)(F)F)n1. The van der Waals surface area contributed by atoms with Gasteiger partial charge in [0.25, 0.3) is 0 Å². The minimum atomic E-state index is -4.43. The molecule has 138 valence electrons. The van der Waals surface area contributed by atoms with Crippen molar-refractivity contribution >= 4 is 6.03 Å². The summed E-state index contributed by atoms with van der Waals surface area (Å²) in [5.74, 6) is 0.121. The molecule has 1 aromatic rings. The van der Waals surface area contributed by atoms with E-state index in [1.807, 2.05) is 0 Å². The summed E-state index contributed by atoms with van der Waals surface area (Å²) in [4.78, 5) is 19.8. The second-order valence-electron chi connectivity index (χ2n) is 6.93. The highest BCUT2D eigenvalue weighted by molar-refractivity contribution is 5.74. The summed E-state index contributed by atoms with van der Waals surface area (Å²) in [6, 6.07) is 1.21. The number of urea groups is 1. The molecule has 6 nitrogen and oxygen atoms in total. The van der Waals surface area contributed by atoms with Gasteiger partial charge in [-0.15, -0.1) is 0 Å². The minimum absolute atomic E-state index is 0.0927. The van der Waals surface area contributed by atoms with Crippen molar-refractivity contribution in [1.29, 1.82) is 0 Å². The van der Waals surface area contributed by atoms with Crippen molar-refractivity contribution in [3.8, 4) is 5.88 Å². The van der Waals surface area contributed by atoms with Gasteiger partial charge in [-0.3, -0.25) is 0 Å². The second kappa shape index (κ2) is 6.68. The van der Waals surface area contributed by atoms with Crippen LogP contribution in [-0.4, -0.2) is 34.8 Å². The first-order valence-corrected chi connectivity index (χ1v) is 8.32. The Balaban J connectivity index is 1.45. The predicted octanol–water partition coefficient (Wildman–Crippen LogP) is 2.86. The number of nitrogens with zero attached hydrogens (tertiary/aromatic N) is 2. The second-order valence-corrected chi connectivity index (χ2v) is 6.93. The van der Waals surface area contributed by atoms with Crippen LogP contribution in [-0.2, 0) is 6.54 Å². The minimum Gasteiger partial charge on any atom is -0.468 e. The van der Waals surface area contributed by atoms with E-state index in [1.54, 1.807) is 6.92 Å². The molecule has 0 saturated heterocycles. The van der Waals surface area contributed by atoms with Crippen molar-refractivity contribution in [1.82, 2.24) is 20.6 Å². The number of hydrogen-bond acceptors (Lipinski definition) is 4. The molecule has 2 fully saturated rings. The molecule has 0 radical (unpaired) electrons. The van der Waals surface area contributed by atoms with Crippen molar-refractivity contribution in [2.24, 2.45) is 5.41 Å². The average Bonchev–Trinajstić information content (AvgIpc) is 2.43. The normalized spacial score (nSPS) is 19.0. The van der Waals surface area contributed by atoms with Crippen LogP contribution < -0.4 is 15.4 Å². The highest BCUT2D eigenvalue weighted by Crippen LogP contribution is 2.55. The fraction of sp³-hybridized carbons (Fsp3) is 0.688. The van der Waals surface area contributed by atoms with E-state index in [2.05, 4.69) is 25.3 Å². The van der Waals surface area contributed by atoms with Crippen LogP contribution in [0.3, 0.4) is 0 Å². The zero-order valence-corrected chi connectivity index (χ0v) is 13.9. The first-order valence-electron chi connectivity index (χ1n) is 8.32. The lowest BCUT2D eigenvalue weighted by atomic mass is 9.54. The molecular weight excluding hydrogens is 337 g/mol. The van der Waals surface area contributed by atoms with E-state index in [1.165, 1.54) is 25.3 Å². The Bertz CT molecular complexity index is 639. The maximum atomic E-state index is 12.2. The van der Waals surface area contributed by atoms with E-state index in [-0.39, 0.29) is 30.3 Å². The molecule has 9 heteroatoms. The quantitative estimate of drug-likeness (QED) is 0.849. The van der Waals surface area contributed by atoms with E-state index >= 15 is 0 Å². The maximum Gasteiger partial charge on any atom is 0.422 e. The summed E-state index contributed by atoms with van der Waals surface area (Å²) in [5.41, 5.74) is 0.871. The summed E-state index contributed by atoms with van der Waals surface area (Å²) >= 11 is 0. The molecule has 3 rings (SSSR count). The zero-order chi connectivity index (χ0) is 18.1. The summed E-state index contributed by atoms with van der Waals surface area (Å²) in [6.45, 7) is 0.228. The molecule has 0 unspecified atom stereocenters. The molecule has 2 aliphatic rings. The van der Waals surface area contributed by atoms with E-state index in [0.717, 1.165) is 12.8 Å².